The predicted octanol–water partition coefficient (Wildman–Crippen LogP) is 5.46. The fraction of sp³-hybridized carbons (Fsp3) is 0.391. The highest BCUT2D eigenvalue weighted by molar-refractivity contribution is 7.22. The Bertz CT molecular complexity index is 968. The number of halogens is 2. The first-order chi connectivity index (χ1) is 14.5. The molecule has 8 heteroatoms. The summed E-state index contributed by atoms with van der Waals surface area (Å²) < 4.78 is 1.08. The molecule has 1 saturated heterocycles. The maximum absolute atomic E-state index is 12.2. The Morgan fingerprint density at radius 1 is 1.13 bits per heavy atom. The summed E-state index contributed by atoms with van der Waals surface area (Å²) in [5.41, 5.74) is 1.10. The van der Waals surface area contributed by atoms with E-state index in [1.807, 2.05) is 48.5 Å². The van der Waals surface area contributed by atoms with Crippen molar-refractivity contribution in [1.82, 2.24) is 9.88 Å². The van der Waals surface area contributed by atoms with Crippen LogP contribution in [-0.4, -0.2) is 40.5 Å². The van der Waals surface area contributed by atoms with Gasteiger partial charge in [0.05, 0.1) is 15.8 Å². The second-order valence-corrected chi connectivity index (χ2v) is 9.34. The number of fused-ring (bicyclic) bond motifs is 1. The van der Waals surface area contributed by atoms with Crippen molar-refractivity contribution in [3.8, 4) is 0 Å². The Labute approximate surface area is 197 Å². The van der Waals surface area contributed by atoms with E-state index in [1.54, 1.807) is 0 Å². The van der Waals surface area contributed by atoms with Gasteiger partial charge in [0.15, 0.2) is 5.13 Å². The van der Waals surface area contributed by atoms with E-state index < -0.39 is 5.60 Å². The smallest absolute Gasteiger partial charge is 0.226 e. The number of nitrogens with one attached hydrogen (secondary N) is 1. The summed E-state index contributed by atoms with van der Waals surface area (Å²) in [5.74, 6) is 0.0183. The number of amides is 1. The van der Waals surface area contributed by atoms with Crippen LogP contribution in [0.15, 0.2) is 48.5 Å². The van der Waals surface area contributed by atoms with Crippen LogP contribution in [0.2, 0.25) is 5.02 Å². The summed E-state index contributed by atoms with van der Waals surface area (Å²) in [6.07, 6.45) is 3.74. The van der Waals surface area contributed by atoms with E-state index in [-0.39, 0.29) is 18.3 Å². The number of piperidine rings is 1. The van der Waals surface area contributed by atoms with E-state index >= 15 is 0 Å². The molecule has 4 rings (SSSR count). The van der Waals surface area contributed by atoms with Gasteiger partial charge in [-0.3, -0.25) is 4.79 Å². The lowest BCUT2D eigenvalue weighted by molar-refractivity contribution is -0.116. The van der Waals surface area contributed by atoms with Crippen LogP contribution in [0.25, 0.3) is 10.2 Å². The first-order valence-corrected chi connectivity index (χ1v) is 11.6. The van der Waals surface area contributed by atoms with Gasteiger partial charge in [0.2, 0.25) is 5.91 Å². The number of anilines is 1. The van der Waals surface area contributed by atoms with Gasteiger partial charge in [-0.1, -0.05) is 47.2 Å². The Morgan fingerprint density at radius 3 is 2.55 bits per heavy atom. The minimum atomic E-state index is -0.766. The van der Waals surface area contributed by atoms with Crippen molar-refractivity contribution >= 4 is 56.6 Å². The second kappa shape index (κ2) is 10.7. The normalized spacial score (nSPS) is 16.1. The van der Waals surface area contributed by atoms with E-state index in [4.69, 9.17) is 11.6 Å². The minimum Gasteiger partial charge on any atom is -0.385 e. The quantitative estimate of drug-likeness (QED) is 0.441. The van der Waals surface area contributed by atoms with Crippen LogP contribution < -0.4 is 5.32 Å². The van der Waals surface area contributed by atoms with Crippen molar-refractivity contribution in [2.24, 2.45) is 0 Å². The highest BCUT2D eigenvalue weighted by Crippen LogP contribution is 2.33. The molecule has 1 aliphatic rings. The van der Waals surface area contributed by atoms with Gasteiger partial charge in [-0.25, -0.2) is 4.98 Å². The Hall–Kier alpha value is -1.70. The van der Waals surface area contributed by atoms with Crippen molar-refractivity contribution in [3.63, 3.8) is 0 Å². The van der Waals surface area contributed by atoms with Crippen molar-refractivity contribution in [2.75, 3.05) is 25.0 Å². The van der Waals surface area contributed by atoms with Gasteiger partial charge in [0, 0.05) is 24.5 Å². The maximum Gasteiger partial charge on any atom is 0.226 e. The molecular weight excluding hydrogens is 453 g/mol. The molecular formula is C23H27Cl2N3O2S. The highest BCUT2D eigenvalue weighted by Gasteiger charge is 2.33. The summed E-state index contributed by atoms with van der Waals surface area (Å²) in [7, 11) is 0. The Morgan fingerprint density at radius 2 is 1.84 bits per heavy atom. The standard InChI is InChI=1S/C23H26ClN3O2S.ClH/c24-18-10-8-17(9-11-18)23(29)12-15-27(16-13-23)14-4-3-7-21(28)26-22-25-19-5-1-2-6-20(19)30-22;/h1-2,5-6,8-11,29H,3-4,7,12-16H2,(H,25,26,28);1H. The number of benzene rings is 2. The number of hydrogen-bond donors (Lipinski definition) is 2. The second-order valence-electron chi connectivity index (χ2n) is 7.87. The molecule has 3 aromatic rings. The van der Waals surface area contributed by atoms with Gasteiger partial charge in [-0.15, -0.1) is 12.4 Å². The number of aromatic nitrogens is 1. The third-order valence-electron chi connectivity index (χ3n) is 5.73. The molecule has 1 fully saturated rings. The van der Waals surface area contributed by atoms with Gasteiger partial charge >= 0.3 is 0 Å². The zero-order valence-corrected chi connectivity index (χ0v) is 19.6. The number of para-hydroxylation sites is 1. The molecule has 1 aromatic heterocycles. The summed E-state index contributed by atoms with van der Waals surface area (Å²) in [6, 6.07) is 15.4. The monoisotopic (exact) mass is 479 g/mol. The van der Waals surface area contributed by atoms with Crippen molar-refractivity contribution in [1.29, 1.82) is 0 Å². The zero-order valence-electron chi connectivity index (χ0n) is 17.2. The Kier molecular flexibility index (Phi) is 8.30. The lowest BCUT2D eigenvalue weighted by Crippen LogP contribution is -2.42. The number of thiazole rings is 1. The van der Waals surface area contributed by atoms with Crippen LogP contribution in [0.1, 0.15) is 37.7 Å². The fourth-order valence-corrected chi connectivity index (χ4v) is 4.93. The minimum absolute atomic E-state index is 0. The summed E-state index contributed by atoms with van der Waals surface area (Å²) in [6.45, 7) is 2.67. The molecule has 0 bridgehead atoms. The zero-order chi connectivity index (χ0) is 21.0. The lowest BCUT2D eigenvalue weighted by atomic mass is 9.84. The molecule has 1 aliphatic heterocycles. The van der Waals surface area contributed by atoms with Crippen molar-refractivity contribution in [2.45, 2.75) is 37.7 Å². The van der Waals surface area contributed by atoms with Gasteiger partial charge in [0.25, 0.3) is 0 Å². The summed E-state index contributed by atoms with van der Waals surface area (Å²) in [4.78, 5) is 19.0. The molecule has 1 amide bonds. The maximum atomic E-state index is 12.2. The fourth-order valence-electron chi connectivity index (χ4n) is 3.92. The highest BCUT2D eigenvalue weighted by atomic mass is 35.5. The molecule has 2 N–H and O–H groups in total. The SMILES string of the molecule is Cl.O=C(CCCCN1CCC(O)(c2ccc(Cl)cc2)CC1)Nc1nc2ccccc2s1. The number of nitrogens with zero attached hydrogens (tertiary/aromatic N) is 2. The van der Waals surface area contributed by atoms with Gasteiger partial charge in [-0.2, -0.15) is 0 Å². The molecule has 0 unspecified atom stereocenters. The number of hydrogen-bond acceptors (Lipinski definition) is 5. The largest absolute Gasteiger partial charge is 0.385 e. The lowest BCUT2D eigenvalue weighted by Gasteiger charge is -2.38. The van der Waals surface area contributed by atoms with E-state index in [9.17, 15) is 9.90 Å². The number of likely N-dealkylation sites (tertiary alicyclic amines) is 1. The van der Waals surface area contributed by atoms with Gasteiger partial charge in [0.1, 0.15) is 0 Å². The molecule has 0 radical (unpaired) electrons. The first kappa shape index (κ1) is 24.0. The molecule has 31 heavy (non-hydrogen) atoms. The number of carbonyl (C=O) groups excluding carboxylic acids is 1. The van der Waals surface area contributed by atoms with Gasteiger partial charge in [-0.05, 0) is 62.1 Å². The van der Waals surface area contributed by atoms with E-state index in [2.05, 4.69) is 15.2 Å². The molecule has 0 spiro atoms. The predicted molar refractivity (Wildman–Crippen MR) is 130 cm³/mol. The molecule has 5 nitrogen and oxygen atoms in total. The van der Waals surface area contributed by atoms with E-state index in [1.165, 1.54) is 11.3 Å². The van der Waals surface area contributed by atoms with Crippen molar-refractivity contribution < 1.29 is 9.90 Å². The Balaban J connectivity index is 0.00000272. The van der Waals surface area contributed by atoms with Crippen LogP contribution in [0.4, 0.5) is 5.13 Å². The molecule has 0 aliphatic carbocycles. The first-order valence-electron chi connectivity index (χ1n) is 10.4. The van der Waals surface area contributed by atoms with Crippen LogP contribution in [0.5, 0.6) is 0 Å². The molecule has 2 aromatic carbocycles. The molecule has 0 atom stereocenters. The molecule has 0 saturated carbocycles. The number of rotatable bonds is 7. The summed E-state index contributed by atoms with van der Waals surface area (Å²) >= 11 is 7.46. The molecule has 166 valence electrons. The van der Waals surface area contributed by atoms with E-state index in [0.29, 0.717) is 29.4 Å². The third kappa shape index (κ3) is 6.18. The van der Waals surface area contributed by atoms with Gasteiger partial charge < -0.3 is 15.3 Å². The van der Waals surface area contributed by atoms with Crippen molar-refractivity contribution in [3.05, 3.63) is 59.1 Å². The van der Waals surface area contributed by atoms with Crippen LogP contribution in [-0.2, 0) is 10.4 Å². The number of carbonyl (C=O) groups is 1. The van der Waals surface area contributed by atoms with Crippen LogP contribution in [0.3, 0.4) is 0 Å². The molecule has 2 heterocycles. The average molecular weight is 480 g/mol. The third-order valence-corrected chi connectivity index (χ3v) is 6.94. The number of unbranched alkanes of at least 4 members (excludes halogenated alkanes) is 1. The average Bonchev–Trinajstić information content (AvgIpc) is 3.15. The van der Waals surface area contributed by atoms with Crippen LogP contribution >= 0.6 is 35.3 Å². The topological polar surface area (TPSA) is 65.5 Å². The van der Waals surface area contributed by atoms with Crippen LogP contribution in [0, 0.1) is 0 Å². The number of aliphatic hydroxyl groups is 1. The summed E-state index contributed by atoms with van der Waals surface area (Å²) in [5, 5.41) is 15.2. The van der Waals surface area contributed by atoms with E-state index in [0.717, 1.165) is 48.3 Å².